The standard InChI is InChI=1S/C22H29N3O4S/c1-16-5-8-21(15-17(16)2)25(30(4,27)28)18(3)22(26)23-19-6-9-20(10-7-19)24-11-13-29-14-12-24/h5-10,15,18H,11-14H2,1-4H3,(H,23,26)/t18-/m1/s1. The third kappa shape index (κ3) is 5.12. The second kappa shape index (κ2) is 9.06. The number of benzene rings is 2. The molecule has 1 heterocycles. The number of anilines is 3. The molecule has 0 saturated carbocycles. The van der Waals surface area contributed by atoms with Crippen molar-refractivity contribution in [2.24, 2.45) is 0 Å². The Kier molecular flexibility index (Phi) is 6.67. The molecular formula is C22H29N3O4S. The predicted molar refractivity (Wildman–Crippen MR) is 121 cm³/mol. The summed E-state index contributed by atoms with van der Waals surface area (Å²) in [6.45, 7) is 8.55. The van der Waals surface area contributed by atoms with Crippen LogP contribution >= 0.6 is 0 Å². The molecule has 1 fully saturated rings. The van der Waals surface area contributed by atoms with Gasteiger partial charge in [0.2, 0.25) is 15.9 Å². The van der Waals surface area contributed by atoms with E-state index < -0.39 is 22.0 Å². The highest BCUT2D eigenvalue weighted by atomic mass is 32.2. The van der Waals surface area contributed by atoms with E-state index in [4.69, 9.17) is 4.74 Å². The number of hydrogen-bond donors (Lipinski definition) is 1. The normalized spacial score (nSPS) is 15.5. The number of hydrogen-bond acceptors (Lipinski definition) is 5. The van der Waals surface area contributed by atoms with Gasteiger partial charge in [-0.15, -0.1) is 0 Å². The van der Waals surface area contributed by atoms with E-state index in [-0.39, 0.29) is 0 Å². The number of morpholine rings is 1. The van der Waals surface area contributed by atoms with Crippen LogP contribution < -0.4 is 14.5 Å². The lowest BCUT2D eigenvalue weighted by Gasteiger charge is -2.29. The summed E-state index contributed by atoms with van der Waals surface area (Å²) in [5.41, 5.74) is 4.19. The lowest BCUT2D eigenvalue weighted by atomic mass is 10.1. The topological polar surface area (TPSA) is 79.0 Å². The molecule has 8 heteroatoms. The summed E-state index contributed by atoms with van der Waals surface area (Å²) >= 11 is 0. The second-order valence-corrected chi connectivity index (χ2v) is 9.50. The van der Waals surface area contributed by atoms with Crippen LogP contribution in [-0.2, 0) is 19.6 Å². The molecule has 0 radical (unpaired) electrons. The molecule has 1 saturated heterocycles. The van der Waals surface area contributed by atoms with Crippen molar-refractivity contribution in [2.75, 3.05) is 47.1 Å². The third-order valence-corrected chi connectivity index (χ3v) is 6.59. The molecule has 1 atom stereocenters. The Bertz CT molecular complexity index is 1000. The van der Waals surface area contributed by atoms with Crippen LogP contribution in [0, 0.1) is 13.8 Å². The molecular weight excluding hydrogens is 402 g/mol. The van der Waals surface area contributed by atoms with Crippen molar-refractivity contribution in [3.63, 3.8) is 0 Å². The first-order chi connectivity index (χ1) is 14.2. The summed E-state index contributed by atoms with van der Waals surface area (Å²) in [5.74, 6) is -0.391. The molecule has 1 aliphatic rings. The van der Waals surface area contributed by atoms with Gasteiger partial charge in [-0.05, 0) is 68.3 Å². The second-order valence-electron chi connectivity index (χ2n) is 7.64. The number of rotatable bonds is 6. The summed E-state index contributed by atoms with van der Waals surface area (Å²) in [6, 6.07) is 12.0. The fraction of sp³-hybridized carbons (Fsp3) is 0.409. The Morgan fingerprint density at radius 3 is 2.27 bits per heavy atom. The number of nitrogens with zero attached hydrogens (tertiary/aromatic N) is 2. The number of carbonyl (C=O) groups is 1. The fourth-order valence-corrected chi connectivity index (χ4v) is 4.66. The van der Waals surface area contributed by atoms with Gasteiger partial charge < -0.3 is 15.0 Å². The van der Waals surface area contributed by atoms with Gasteiger partial charge in [-0.2, -0.15) is 0 Å². The molecule has 2 aromatic carbocycles. The van der Waals surface area contributed by atoms with E-state index in [0.29, 0.717) is 24.6 Å². The van der Waals surface area contributed by atoms with Crippen molar-refractivity contribution < 1.29 is 17.9 Å². The maximum Gasteiger partial charge on any atom is 0.247 e. The van der Waals surface area contributed by atoms with Crippen molar-refractivity contribution in [3.05, 3.63) is 53.6 Å². The average molecular weight is 432 g/mol. The zero-order valence-electron chi connectivity index (χ0n) is 17.9. The number of carbonyl (C=O) groups excluding carboxylic acids is 1. The highest BCUT2D eigenvalue weighted by Gasteiger charge is 2.29. The Hall–Kier alpha value is -2.58. The lowest BCUT2D eigenvalue weighted by Crippen LogP contribution is -2.45. The largest absolute Gasteiger partial charge is 0.378 e. The minimum absolute atomic E-state index is 0.391. The summed E-state index contributed by atoms with van der Waals surface area (Å²) in [4.78, 5) is 15.1. The molecule has 7 nitrogen and oxygen atoms in total. The number of ether oxygens (including phenoxy) is 1. The van der Waals surface area contributed by atoms with Gasteiger partial charge in [-0.25, -0.2) is 8.42 Å². The van der Waals surface area contributed by atoms with E-state index in [0.717, 1.165) is 40.5 Å². The lowest BCUT2D eigenvalue weighted by molar-refractivity contribution is -0.116. The van der Waals surface area contributed by atoms with Gasteiger partial charge in [0.05, 0.1) is 25.2 Å². The van der Waals surface area contributed by atoms with Crippen molar-refractivity contribution in [2.45, 2.75) is 26.8 Å². The van der Waals surface area contributed by atoms with Gasteiger partial charge in [0.15, 0.2) is 0 Å². The van der Waals surface area contributed by atoms with Gasteiger partial charge in [-0.1, -0.05) is 6.07 Å². The predicted octanol–water partition coefficient (Wildman–Crippen LogP) is 2.93. The van der Waals surface area contributed by atoms with E-state index in [1.165, 1.54) is 0 Å². The van der Waals surface area contributed by atoms with Gasteiger partial charge in [0.25, 0.3) is 0 Å². The van der Waals surface area contributed by atoms with Gasteiger partial charge >= 0.3 is 0 Å². The minimum Gasteiger partial charge on any atom is -0.378 e. The van der Waals surface area contributed by atoms with Crippen LogP contribution in [0.2, 0.25) is 0 Å². The molecule has 1 N–H and O–H groups in total. The van der Waals surface area contributed by atoms with E-state index in [1.807, 2.05) is 44.2 Å². The number of sulfonamides is 1. The summed E-state index contributed by atoms with van der Waals surface area (Å²) in [5, 5.41) is 2.83. The number of aryl methyl sites for hydroxylation is 2. The summed E-state index contributed by atoms with van der Waals surface area (Å²) in [6.07, 6.45) is 1.11. The molecule has 30 heavy (non-hydrogen) atoms. The maximum absolute atomic E-state index is 12.9. The molecule has 2 aromatic rings. The molecule has 1 amide bonds. The molecule has 0 spiro atoms. The molecule has 1 aliphatic heterocycles. The first kappa shape index (κ1) is 22.1. The molecule has 0 bridgehead atoms. The van der Waals surface area contributed by atoms with Crippen LogP contribution in [-0.4, -0.2) is 52.9 Å². The average Bonchev–Trinajstić information content (AvgIpc) is 2.71. The Morgan fingerprint density at radius 1 is 1.07 bits per heavy atom. The minimum atomic E-state index is -3.65. The van der Waals surface area contributed by atoms with Crippen molar-refractivity contribution >= 4 is 33.0 Å². The third-order valence-electron chi connectivity index (χ3n) is 5.34. The van der Waals surface area contributed by atoms with Crippen molar-refractivity contribution in [1.29, 1.82) is 0 Å². The first-order valence-electron chi connectivity index (χ1n) is 9.97. The highest BCUT2D eigenvalue weighted by Crippen LogP contribution is 2.25. The maximum atomic E-state index is 12.9. The van der Waals surface area contributed by atoms with Crippen LogP contribution in [0.25, 0.3) is 0 Å². The van der Waals surface area contributed by atoms with E-state index in [9.17, 15) is 13.2 Å². The number of amides is 1. The smallest absolute Gasteiger partial charge is 0.247 e. The van der Waals surface area contributed by atoms with Gasteiger partial charge in [0.1, 0.15) is 6.04 Å². The summed E-state index contributed by atoms with van der Waals surface area (Å²) in [7, 11) is -3.65. The van der Waals surface area contributed by atoms with Crippen molar-refractivity contribution in [3.8, 4) is 0 Å². The van der Waals surface area contributed by atoms with Gasteiger partial charge in [-0.3, -0.25) is 9.10 Å². The molecule has 162 valence electrons. The zero-order chi connectivity index (χ0) is 21.9. The Labute approximate surface area is 178 Å². The molecule has 0 aromatic heterocycles. The Morgan fingerprint density at radius 2 is 1.70 bits per heavy atom. The fourth-order valence-electron chi connectivity index (χ4n) is 3.50. The van der Waals surface area contributed by atoms with Crippen LogP contribution in [0.3, 0.4) is 0 Å². The Balaban J connectivity index is 1.76. The van der Waals surface area contributed by atoms with Crippen LogP contribution in [0.15, 0.2) is 42.5 Å². The first-order valence-corrected chi connectivity index (χ1v) is 11.8. The van der Waals surface area contributed by atoms with Crippen LogP contribution in [0.5, 0.6) is 0 Å². The van der Waals surface area contributed by atoms with Gasteiger partial charge in [0, 0.05) is 24.5 Å². The quantitative estimate of drug-likeness (QED) is 0.761. The SMILES string of the molecule is Cc1ccc(N([C@H](C)C(=O)Nc2ccc(N3CCOCC3)cc2)S(C)(=O)=O)cc1C. The van der Waals surface area contributed by atoms with E-state index >= 15 is 0 Å². The molecule has 3 rings (SSSR count). The summed E-state index contributed by atoms with van der Waals surface area (Å²) < 4.78 is 31.5. The number of nitrogens with one attached hydrogen (secondary N) is 1. The van der Waals surface area contributed by atoms with E-state index in [1.54, 1.807) is 19.1 Å². The highest BCUT2D eigenvalue weighted by molar-refractivity contribution is 7.92. The molecule has 0 unspecified atom stereocenters. The van der Waals surface area contributed by atoms with Crippen LogP contribution in [0.4, 0.5) is 17.1 Å². The molecule has 0 aliphatic carbocycles. The van der Waals surface area contributed by atoms with Crippen molar-refractivity contribution in [1.82, 2.24) is 0 Å². The zero-order valence-corrected chi connectivity index (χ0v) is 18.7. The van der Waals surface area contributed by atoms with E-state index in [2.05, 4.69) is 10.2 Å². The van der Waals surface area contributed by atoms with Crippen LogP contribution in [0.1, 0.15) is 18.1 Å². The monoisotopic (exact) mass is 431 g/mol.